The monoisotopic (exact) mass is 393 g/mol. The molecule has 0 unspecified atom stereocenters. The number of hydrogen-bond acceptors (Lipinski definition) is 4. The maximum Gasteiger partial charge on any atom is 0.241 e. The van der Waals surface area contributed by atoms with Gasteiger partial charge in [0.05, 0.1) is 10.9 Å². The van der Waals surface area contributed by atoms with E-state index in [1.54, 1.807) is 28.9 Å². The molecule has 2 aliphatic heterocycles. The molecule has 0 aromatic heterocycles. The van der Waals surface area contributed by atoms with Gasteiger partial charge in [-0.1, -0.05) is 0 Å². The summed E-state index contributed by atoms with van der Waals surface area (Å²) in [5.74, 6) is -0.232. The molecule has 2 amide bonds. The van der Waals surface area contributed by atoms with E-state index in [1.807, 2.05) is 0 Å². The number of rotatable bonds is 4. The highest BCUT2D eigenvalue weighted by atomic mass is 32.2. The Morgan fingerprint density at radius 3 is 2.44 bits per heavy atom. The first-order chi connectivity index (χ1) is 12.8. The summed E-state index contributed by atoms with van der Waals surface area (Å²) in [5, 5.41) is 0. The second kappa shape index (κ2) is 7.98. The van der Waals surface area contributed by atoms with Crippen LogP contribution in [0.1, 0.15) is 45.1 Å². The molecule has 1 aromatic carbocycles. The molecule has 148 valence electrons. The molecule has 0 spiro atoms. The number of carbonyl (C=O) groups is 2. The topological polar surface area (TPSA) is 86.8 Å². The number of nitrogens with one attached hydrogen (secondary N) is 1. The van der Waals surface area contributed by atoms with Crippen LogP contribution in [0.5, 0.6) is 0 Å². The highest BCUT2D eigenvalue weighted by molar-refractivity contribution is 7.89. The number of aryl methyl sites for hydroxylation is 1. The summed E-state index contributed by atoms with van der Waals surface area (Å²) in [6, 6.07) is 3.99. The van der Waals surface area contributed by atoms with Crippen LogP contribution in [0.25, 0.3) is 0 Å². The number of carbonyl (C=O) groups excluding carboxylic acids is 2. The Bertz CT molecular complexity index is 831. The van der Waals surface area contributed by atoms with Gasteiger partial charge in [-0.3, -0.25) is 9.59 Å². The number of piperidine rings is 1. The minimum Gasteiger partial charge on any atom is -0.341 e. The van der Waals surface area contributed by atoms with E-state index in [-0.39, 0.29) is 16.7 Å². The molecule has 0 radical (unpaired) electrons. The Hall–Kier alpha value is -1.93. The van der Waals surface area contributed by atoms with Crippen molar-refractivity contribution in [2.45, 2.75) is 56.9 Å². The van der Waals surface area contributed by atoms with Crippen molar-refractivity contribution < 1.29 is 18.0 Å². The van der Waals surface area contributed by atoms with Gasteiger partial charge in [0.15, 0.2) is 0 Å². The molecule has 3 rings (SSSR count). The lowest BCUT2D eigenvalue weighted by molar-refractivity contribution is -0.133. The van der Waals surface area contributed by atoms with E-state index in [1.165, 1.54) is 13.0 Å². The number of sulfonamides is 1. The number of benzene rings is 1. The van der Waals surface area contributed by atoms with E-state index in [4.69, 9.17) is 0 Å². The molecule has 2 aliphatic rings. The number of nitrogens with zero attached hydrogens (tertiary/aromatic N) is 2. The first-order valence-corrected chi connectivity index (χ1v) is 11.0. The maximum atomic E-state index is 12.8. The third-order valence-electron chi connectivity index (χ3n) is 5.23. The molecular formula is C19H27N3O4S. The van der Waals surface area contributed by atoms with Crippen LogP contribution in [-0.4, -0.2) is 50.8 Å². The van der Waals surface area contributed by atoms with E-state index in [2.05, 4.69) is 4.72 Å². The third kappa shape index (κ3) is 4.32. The number of amides is 2. The second-order valence-electron chi connectivity index (χ2n) is 7.29. The Morgan fingerprint density at radius 2 is 1.78 bits per heavy atom. The van der Waals surface area contributed by atoms with Gasteiger partial charge in [-0.15, -0.1) is 0 Å². The van der Waals surface area contributed by atoms with E-state index in [0.29, 0.717) is 19.6 Å². The van der Waals surface area contributed by atoms with E-state index in [9.17, 15) is 18.0 Å². The second-order valence-corrected chi connectivity index (χ2v) is 9.01. The van der Waals surface area contributed by atoms with Gasteiger partial charge in [0, 0.05) is 32.2 Å². The van der Waals surface area contributed by atoms with Gasteiger partial charge in [-0.05, 0) is 62.8 Å². The van der Waals surface area contributed by atoms with Crippen molar-refractivity contribution in [2.75, 3.05) is 24.5 Å². The minimum atomic E-state index is -3.82. The van der Waals surface area contributed by atoms with Gasteiger partial charge in [0.1, 0.15) is 0 Å². The molecule has 27 heavy (non-hydrogen) atoms. The Morgan fingerprint density at radius 1 is 1.07 bits per heavy atom. The van der Waals surface area contributed by atoms with Crippen LogP contribution in [-0.2, 0) is 26.0 Å². The van der Waals surface area contributed by atoms with Crippen molar-refractivity contribution in [3.05, 3.63) is 23.8 Å². The molecule has 1 atom stereocenters. The molecule has 2 heterocycles. The fourth-order valence-corrected chi connectivity index (χ4v) is 5.05. The molecule has 0 aliphatic carbocycles. The van der Waals surface area contributed by atoms with Gasteiger partial charge in [0.2, 0.25) is 21.8 Å². The number of likely N-dealkylation sites (tertiary alicyclic amines) is 1. The zero-order valence-corrected chi connectivity index (χ0v) is 16.7. The van der Waals surface area contributed by atoms with Crippen LogP contribution in [0.3, 0.4) is 0 Å². The summed E-state index contributed by atoms with van der Waals surface area (Å²) < 4.78 is 28.0. The molecule has 0 bridgehead atoms. The molecule has 8 heteroatoms. The Balaban J connectivity index is 1.76. The molecule has 1 aromatic rings. The van der Waals surface area contributed by atoms with Crippen molar-refractivity contribution in [3.63, 3.8) is 0 Å². The predicted octanol–water partition coefficient (Wildman–Crippen LogP) is 1.66. The lowest BCUT2D eigenvalue weighted by Gasteiger charge is -2.30. The molecule has 1 N–H and O–H groups in total. The third-order valence-corrected chi connectivity index (χ3v) is 6.77. The van der Waals surface area contributed by atoms with Crippen molar-refractivity contribution in [2.24, 2.45) is 0 Å². The van der Waals surface area contributed by atoms with Crippen LogP contribution < -0.4 is 9.62 Å². The first kappa shape index (κ1) is 19.8. The Kier molecular flexibility index (Phi) is 5.86. The molecular weight excluding hydrogens is 366 g/mol. The van der Waals surface area contributed by atoms with E-state index >= 15 is 0 Å². The summed E-state index contributed by atoms with van der Waals surface area (Å²) in [4.78, 5) is 27.8. The summed E-state index contributed by atoms with van der Waals surface area (Å²) in [5.41, 5.74) is 1.61. The van der Waals surface area contributed by atoms with Crippen molar-refractivity contribution in [3.8, 4) is 0 Å². The van der Waals surface area contributed by atoms with Crippen LogP contribution in [0, 0.1) is 0 Å². The van der Waals surface area contributed by atoms with Gasteiger partial charge in [-0.25, -0.2) is 8.42 Å². The SMILES string of the molecule is CC(=O)N1CCCc2cc(S(=O)(=O)N[C@@H](C)C(=O)N3CCCCC3)ccc21. The fourth-order valence-electron chi connectivity index (χ4n) is 3.81. The van der Waals surface area contributed by atoms with E-state index in [0.717, 1.165) is 43.4 Å². The summed E-state index contributed by atoms with van der Waals surface area (Å²) in [7, 11) is -3.82. The smallest absolute Gasteiger partial charge is 0.241 e. The predicted molar refractivity (Wildman–Crippen MR) is 103 cm³/mol. The highest BCUT2D eigenvalue weighted by Gasteiger charge is 2.28. The number of fused-ring (bicyclic) bond motifs is 1. The van der Waals surface area contributed by atoms with Gasteiger partial charge in [-0.2, -0.15) is 4.72 Å². The molecule has 0 saturated carbocycles. The fraction of sp³-hybridized carbons (Fsp3) is 0.579. The van der Waals surface area contributed by atoms with Crippen molar-refractivity contribution in [1.82, 2.24) is 9.62 Å². The largest absolute Gasteiger partial charge is 0.341 e. The van der Waals surface area contributed by atoms with Gasteiger partial charge < -0.3 is 9.80 Å². The van der Waals surface area contributed by atoms with Gasteiger partial charge in [0.25, 0.3) is 0 Å². The Labute approximate surface area is 160 Å². The quantitative estimate of drug-likeness (QED) is 0.843. The normalized spacial score (nSPS) is 18.7. The molecule has 1 saturated heterocycles. The van der Waals surface area contributed by atoms with Crippen LogP contribution in [0.15, 0.2) is 23.1 Å². The number of hydrogen-bond donors (Lipinski definition) is 1. The lowest BCUT2D eigenvalue weighted by Crippen LogP contribution is -2.48. The lowest BCUT2D eigenvalue weighted by atomic mass is 10.0. The van der Waals surface area contributed by atoms with Gasteiger partial charge >= 0.3 is 0 Å². The average molecular weight is 394 g/mol. The molecule has 1 fully saturated rings. The first-order valence-electron chi connectivity index (χ1n) is 9.52. The zero-order chi connectivity index (χ0) is 19.6. The van der Waals surface area contributed by atoms with Crippen molar-refractivity contribution >= 4 is 27.5 Å². The summed E-state index contributed by atoms with van der Waals surface area (Å²) in [6.45, 7) is 5.11. The maximum absolute atomic E-state index is 12.8. The van der Waals surface area contributed by atoms with E-state index < -0.39 is 16.1 Å². The highest BCUT2D eigenvalue weighted by Crippen LogP contribution is 2.29. The standard InChI is InChI=1S/C19H27N3O4S/c1-14(19(24)21-10-4-3-5-11-21)20-27(25,26)17-8-9-18-16(13-17)7-6-12-22(18)15(2)23/h8-9,13-14,20H,3-7,10-12H2,1-2H3/t14-/m0/s1. The molecule has 7 nitrogen and oxygen atoms in total. The van der Waals surface area contributed by atoms with Crippen LogP contribution in [0.2, 0.25) is 0 Å². The van der Waals surface area contributed by atoms with Crippen LogP contribution >= 0.6 is 0 Å². The minimum absolute atomic E-state index is 0.0505. The average Bonchev–Trinajstić information content (AvgIpc) is 2.66. The number of anilines is 1. The summed E-state index contributed by atoms with van der Waals surface area (Å²) >= 11 is 0. The van der Waals surface area contributed by atoms with Crippen molar-refractivity contribution in [1.29, 1.82) is 0 Å². The van der Waals surface area contributed by atoms with Crippen LogP contribution in [0.4, 0.5) is 5.69 Å². The summed E-state index contributed by atoms with van der Waals surface area (Å²) in [6.07, 6.45) is 4.56. The zero-order valence-electron chi connectivity index (χ0n) is 15.9.